The van der Waals surface area contributed by atoms with Gasteiger partial charge >= 0.3 is 0 Å². The second kappa shape index (κ2) is 6.17. The fourth-order valence-electron chi connectivity index (χ4n) is 2.03. The van der Waals surface area contributed by atoms with Gasteiger partial charge in [-0.1, -0.05) is 15.9 Å². The Balaban J connectivity index is 2.21. The Bertz CT molecular complexity index is 591. The number of rotatable bonds is 5. The fraction of sp³-hybridized carbons (Fsp3) is 0.357. The van der Waals surface area contributed by atoms with Crippen molar-refractivity contribution in [1.29, 1.82) is 0 Å². The van der Waals surface area contributed by atoms with Crippen molar-refractivity contribution in [2.24, 2.45) is 0 Å². The van der Waals surface area contributed by atoms with Gasteiger partial charge in [0.1, 0.15) is 0 Å². The van der Waals surface area contributed by atoms with E-state index in [4.69, 9.17) is 9.47 Å². The number of aromatic nitrogens is 2. The maximum absolute atomic E-state index is 5.32. The molecule has 6 heteroatoms. The molecule has 1 aromatic heterocycles. The van der Waals surface area contributed by atoms with Gasteiger partial charge in [-0.15, -0.1) is 0 Å². The lowest BCUT2D eigenvalue weighted by Gasteiger charge is -2.13. The summed E-state index contributed by atoms with van der Waals surface area (Å²) in [6.07, 6.45) is 0. The van der Waals surface area contributed by atoms with Gasteiger partial charge in [0.15, 0.2) is 11.5 Å². The van der Waals surface area contributed by atoms with Crippen molar-refractivity contribution in [2.45, 2.75) is 20.4 Å². The number of nitrogens with one attached hydrogen (secondary N) is 2. The summed E-state index contributed by atoms with van der Waals surface area (Å²) in [6, 6.07) is 3.87. The van der Waals surface area contributed by atoms with Gasteiger partial charge in [-0.05, 0) is 31.5 Å². The van der Waals surface area contributed by atoms with E-state index in [1.165, 1.54) is 0 Å². The van der Waals surface area contributed by atoms with Crippen LogP contribution in [0.3, 0.4) is 0 Å². The lowest BCUT2D eigenvalue weighted by Crippen LogP contribution is -2.03. The zero-order valence-electron chi connectivity index (χ0n) is 12.0. The summed E-state index contributed by atoms with van der Waals surface area (Å²) in [5.74, 6) is 1.42. The SMILES string of the molecule is COc1cc(Br)c(CNc2c(C)n[nH]c2C)cc1OC. The molecule has 0 unspecified atom stereocenters. The van der Waals surface area contributed by atoms with Crippen molar-refractivity contribution >= 4 is 21.6 Å². The summed E-state index contributed by atoms with van der Waals surface area (Å²) < 4.78 is 11.6. The highest BCUT2D eigenvalue weighted by atomic mass is 79.9. The second-order valence-electron chi connectivity index (χ2n) is 4.46. The number of hydrogen-bond donors (Lipinski definition) is 2. The Morgan fingerprint density at radius 3 is 2.40 bits per heavy atom. The topological polar surface area (TPSA) is 59.2 Å². The second-order valence-corrected chi connectivity index (χ2v) is 5.32. The third kappa shape index (κ3) is 2.90. The summed E-state index contributed by atoms with van der Waals surface area (Å²) in [5.41, 5.74) is 4.10. The third-order valence-corrected chi connectivity index (χ3v) is 3.87. The maximum Gasteiger partial charge on any atom is 0.161 e. The van der Waals surface area contributed by atoms with E-state index >= 15 is 0 Å². The van der Waals surface area contributed by atoms with E-state index in [0.717, 1.165) is 27.1 Å². The summed E-state index contributed by atoms with van der Waals surface area (Å²) in [5, 5.41) is 10.5. The third-order valence-electron chi connectivity index (χ3n) is 3.14. The molecule has 0 aliphatic carbocycles. The first-order valence-corrected chi connectivity index (χ1v) is 7.02. The van der Waals surface area contributed by atoms with Gasteiger partial charge in [-0.2, -0.15) is 5.10 Å². The van der Waals surface area contributed by atoms with Gasteiger partial charge in [-0.25, -0.2) is 0 Å². The summed E-state index contributed by atoms with van der Waals surface area (Å²) >= 11 is 3.55. The predicted molar refractivity (Wildman–Crippen MR) is 82.6 cm³/mol. The molecule has 0 atom stereocenters. The zero-order valence-corrected chi connectivity index (χ0v) is 13.6. The molecular weight excluding hydrogens is 322 g/mol. The summed E-state index contributed by atoms with van der Waals surface area (Å²) in [6.45, 7) is 4.63. The minimum atomic E-state index is 0.669. The van der Waals surface area contributed by atoms with Gasteiger partial charge in [0, 0.05) is 11.0 Å². The standard InChI is InChI=1S/C14H18BrN3O2/c1-8-14(9(2)18-17-8)16-7-10-5-12(19-3)13(20-4)6-11(10)15/h5-6,16H,7H2,1-4H3,(H,17,18). The largest absolute Gasteiger partial charge is 0.493 e. The summed E-state index contributed by atoms with van der Waals surface area (Å²) in [4.78, 5) is 0. The number of H-pyrrole nitrogens is 1. The van der Waals surface area contributed by atoms with Crippen molar-refractivity contribution in [1.82, 2.24) is 10.2 Å². The molecule has 2 aromatic rings. The molecule has 0 amide bonds. The Labute approximate surface area is 126 Å². The van der Waals surface area contributed by atoms with Crippen molar-refractivity contribution in [2.75, 3.05) is 19.5 Å². The van der Waals surface area contributed by atoms with E-state index in [0.29, 0.717) is 18.0 Å². The van der Waals surface area contributed by atoms with Crippen LogP contribution in [0, 0.1) is 13.8 Å². The predicted octanol–water partition coefficient (Wildman–Crippen LogP) is 3.42. The van der Waals surface area contributed by atoms with Crippen LogP contribution in [0.2, 0.25) is 0 Å². The van der Waals surface area contributed by atoms with E-state index in [-0.39, 0.29) is 0 Å². The van der Waals surface area contributed by atoms with E-state index < -0.39 is 0 Å². The van der Waals surface area contributed by atoms with Gasteiger partial charge in [0.05, 0.1) is 31.3 Å². The number of hydrogen-bond acceptors (Lipinski definition) is 4. The van der Waals surface area contributed by atoms with E-state index in [1.807, 2.05) is 26.0 Å². The average molecular weight is 340 g/mol. The molecule has 5 nitrogen and oxygen atoms in total. The molecule has 0 fully saturated rings. The quantitative estimate of drug-likeness (QED) is 0.876. The number of aromatic amines is 1. The van der Waals surface area contributed by atoms with E-state index in [1.54, 1.807) is 14.2 Å². The molecule has 20 heavy (non-hydrogen) atoms. The highest BCUT2D eigenvalue weighted by molar-refractivity contribution is 9.10. The minimum absolute atomic E-state index is 0.669. The molecule has 2 rings (SSSR count). The monoisotopic (exact) mass is 339 g/mol. The molecule has 0 saturated carbocycles. The van der Waals surface area contributed by atoms with Crippen LogP contribution in [0.15, 0.2) is 16.6 Å². The minimum Gasteiger partial charge on any atom is -0.493 e. The number of halogens is 1. The van der Waals surface area contributed by atoms with E-state index in [2.05, 4.69) is 31.4 Å². The molecule has 1 aromatic carbocycles. The fourth-order valence-corrected chi connectivity index (χ4v) is 2.49. The van der Waals surface area contributed by atoms with Gasteiger partial charge in [-0.3, -0.25) is 5.10 Å². The van der Waals surface area contributed by atoms with Crippen LogP contribution >= 0.6 is 15.9 Å². The van der Waals surface area contributed by atoms with Crippen LogP contribution < -0.4 is 14.8 Å². The maximum atomic E-state index is 5.32. The van der Waals surface area contributed by atoms with Crippen molar-refractivity contribution in [3.63, 3.8) is 0 Å². The lowest BCUT2D eigenvalue weighted by molar-refractivity contribution is 0.354. The Hall–Kier alpha value is -1.69. The van der Waals surface area contributed by atoms with Crippen molar-refractivity contribution in [3.8, 4) is 11.5 Å². The molecule has 0 saturated heterocycles. The van der Waals surface area contributed by atoms with Gasteiger partial charge in [0.25, 0.3) is 0 Å². The van der Waals surface area contributed by atoms with Crippen LogP contribution in [0.4, 0.5) is 5.69 Å². The smallest absolute Gasteiger partial charge is 0.161 e. The molecule has 0 aliphatic heterocycles. The number of nitrogens with zero attached hydrogens (tertiary/aromatic N) is 1. The van der Waals surface area contributed by atoms with Gasteiger partial charge in [0.2, 0.25) is 0 Å². The molecule has 108 valence electrons. The normalized spacial score (nSPS) is 10.4. The Morgan fingerprint density at radius 1 is 1.20 bits per heavy atom. The number of aryl methyl sites for hydroxylation is 2. The Morgan fingerprint density at radius 2 is 1.85 bits per heavy atom. The molecule has 2 N–H and O–H groups in total. The number of benzene rings is 1. The average Bonchev–Trinajstić information content (AvgIpc) is 2.76. The zero-order chi connectivity index (χ0) is 14.7. The number of anilines is 1. The molecule has 0 spiro atoms. The molecule has 1 heterocycles. The highest BCUT2D eigenvalue weighted by Crippen LogP contribution is 2.33. The van der Waals surface area contributed by atoms with Crippen molar-refractivity contribution < 1.29 is 9.47 Å². The number of ether oxygens (including phenoxy) is 2. The first-order chi connectivity index (χ1) is 9.56. The molecule has 0 bridgehead atoms. The first kappa shape index (κ1) is 14.7. The first-order valence-electron chi connectivity index (χ1n) is 6.22. The van der Waals surface area contributed by atoms with Crippen LogP contribution in [-0.2, 0) is 6.54 Å². The van der Waals surface area contributed by atoms with Crippen LogP contribution in [-0.4, -0.2) is 24.4 Å². The van der Waals surface area contributed by atoms with Crippen LogP contribution in [0.25, 0.3) is 0 Å². The number of methoxy groups -OCH3 is 2. The Kier molecular flexibility index (Phi) is 4.54. The molecular formula is C14H18BrN3O2. The van der Waals surface area contributed by atoms with Crippen LogP contribution in [0.1, 0.15) is 17.0 Å². The molecule has 0 aliphatic rings. The highest BCUT2D eigenvalue weighted by Gasteiger charge is 2.11. The molecule has 0 radical (unpaired) electrons. The lowest BCUT2D eigenvalue weighted by atomic mass is 10.2. The summed E-state index contributed by atoms with van der Waals surface area (Å²) in [7, 11) is 3.26. The van der Waals surface area contributed by atoms with E-state index in [9.17, 15) is 0 Å². The van der Waals surface area contributed by atoms with Crippen LogP contribution in [0.5, 0.6) is 11.5 Å². The van der Waals surface area contributed by atoms with Crippen molar-refractivity contribution in [3.05, 3.63) is 33.6 Å². The van der Waals surface area contributed by atoms with Gasteiger partial charge < -0.3 is 14.8 Å².